The lowest BCUT2D eigenvalue weighted by Gasteiger charge is -2.09. The van der Waals surface area contributed by atoms with Crippen molar-refractivity contribution in [3.8, 4) is 11.4 Å². The molecule has 0 atom stereocenters. The summed E-state index contributed by atoms with van der Waals surface area (Å²) in [4.78, 5) is 13.7. The van der Waals surface area contributed by atoms with Gasteiger partial charge in [-0.05, 0) is 37.5 Å². The lowest BCUT2D eigenvalue weighted by molar-refractivity contribution is -0.113. The van der Waals surface area contributed by atoms with Gasteiger partial charge in [0, 0.05) is 28.1 Å². The van der Waals surface area contributed by atoms with Crippen LogP contribution in [0.25, 0.3) is 11.4 Å². The number of carbonyl (C=O) groups excluding carboxylic acids is 1. The molecule has 0 unspecified atom stereocenters. The summed E-state index contributed by atoms with van der Waals surface area (Å²) in [6.45, 7) is 7.15. The van der Waals surface area contributed by atoms with Crippen LogP contribution in [0, 0.1) is 6.92 Å². The van der Waals surface area contributed by atoms with E-state index in [-0.39, 0.29) is 5.91 Å². The van der Waals surface area contributed by atoms with Gasteiger partial charge in [-0.15, -0.1) is 21.5 Å². The van der Waals surface area contributed by atoms with Crippen molar-refractivity contribution in [3.05, 3.63) is 46.2 Å². The van der Waals surface area contributed by atoms with Crippen LogP contribution in [-0.2, 0) is 17.8 Å². The average molecular weight is 415 g/mol. The van der Waals surface area contributed by atoms with Crippen LogP contribution in [0.2, 0.25) is 0 Å². The van der Waals surface area contributed by atoms with Crippen LogP contribution in [0.1, 0.15) is 37.1 Å². The van der Waals surface area contributed by atoms with Gasteiger partial charge in [0.25, 0.3) is 0 Å². The number of thioether (sulfide) groups is 1. The predicted molar refractivity (Wildman–Crippen MR) is 118 cm³/mol. The van der Waals surface area contributed by atoms with E-state index in [4.69, 9.17) is 0 Å². The van der Waals surface area contributed by atoms with Gasteiger partial charge in [0.15, 0.2) is 11.0 Å². The summed E-state index contributed by atoms with van der Waals surface area (Å²) in [7, 11) is 0. The molecular weight excluding hydrogens is 388 g/mol. The first-order chi connectivity index (χ1) is 13.6. The zero-order valence-electron chi connectivity index (χ0n) is 16.6. The molecule has 1 aromatic carbocycles. The zero-order chi connectivity index (χ0) is 19.9. The predicted octanol–water partition coefficient (Wildman–Crippen LogP) is 5.41. The third-order valence-electron chi connectivity index (χ3n) is 4.32. The summed E-state index contributed by atoms with van der Waals surface area (Å²) >= 11 is 3.21. The number of hydrogen-bond acceptors (Lipinski definition) is 5. The second kappa shape index (κ2) is 9.89. The molecule has 2 aromatic heterocycles. The molecule has 3 rings (SSSR count). The Morgan fingerprint density at radius 3 is 2.79 bits per heavy atom. The van der Waals surface area contributed by atoms with E-state index in [2.05, 4.69) is 45.4 Å². The van der Waals surface area contributed by atoms with Crippen LogP contribution < -0.4 is 5.32 Å². The molecule has 3 aromatic rings. The monoisotopic (exact) mass is 414 g/mol. The number of hydrogen-bond donors (Lipinski definition) is 1. The highest BCUT2D eigenvalue weighted by Crippen LogP contribution is 2.29. The molecule has 0 saturated carbocycles. The number of thiophene rings is 1. The third kappa shape index (κ3) is 5.02. The minimum absolute atomic E-state index is 0.0346. The highest BCUT2D eigenvalue weighted by molar-refractivity contribution is 7.99. The average Bonchev–Trinajstić information content (AvgIpc) is 3.29. The van der Waals surface area contributed by atoms with E-state index in [0.29, 0.717) is 5.75 Å². The number of carbonyl (C=O) groups is 1. The number of para-hydroxylation sites is 1. The number of amides is 1. The van der Waals surface area contributed by atoms with Crippen molar-refractivity contribution < 1.29 is 4.79 Å². The SMILES string of the molecule is CCCc1cc(-c2nnc(SCC(=O)Nc3ccccc3C)n2CCC)cs1. The number of aryl methyl sites for hydroxylation is 2. The summed E-state index contributed by atoms with van der Waals surface area (Å²) in [6, 6.07) is 10.0. The quantitative estimate of drug-likeness (QED) is 0.476. The van der Waals surface area contributed by atoms with Crippen LogP contribution in [0.15, 0.2) is 40.9 Å². The smallest absolute Gasteiger partial charge is 0.234 e. The maximum atomic E-state index is 12.4. The van der Waals surface area contributed by atoms with E-state index in [1.165, 1.54) is 16.6 Å². The van der Waals surface area contributed by atoms with Crippen molar-refractivity contribution in [2.45, 2.75) is 51.7 Å². The van der Waals surface area contributed by atoms with E-state index in [9.17, 15) is 4.79 Å². The Morgan fingerprint density at radius 1 is 1.21 bits per heavy atom. The van der Waals surface area contributed by atoms with Crippen LogP contribution >= 0.6 is 23.1 Å². The molecule has 0 bridgehead atoms. The third-order valence-corrected chi connectivity index (χ3v) is 6.29. The highest BCUT2D eigenvalue weighted by Gasteiger charge is 2.16. The Morgan fingerprint density at radius 2 is 2.04 bits per heavy atom. The second-order valence-electron chi connectivity index (χ2n) is 6.66. The van der Waals surface area contributed by atoms with Crippen molar-refractivity contribution >= 4 is 34.7 Å². The van der Waals surface area contributed by atoms with Crippen LogP contribution in [0.5, 0.6) is 0 Å². The number of aromatic nitrogens is 3. The summed E-state index contributed by atoms with van der Waals surface area (Å²) in [5.41, 5.74) is 3.02. The molecule has 1 N–H and O–H groups in total. The number of anilines is 1. The van der Waals surface area contributed by atoms with Gasteiger partial charge in [0.2, 0.25) is 5.91 Å². The van der Waals surface area contributed by atoms with Crippen LogP contribution in [-0.4, -0.2) is 26.4 Å². The Kier molecular flexibility index (Phi) is 7.28. The maximum Gasteiger partial charge on any atom is 0.234 e. The molecule has 28 heavy (non-hydrogen) atoms. The molecule has 2 heterocycles. The fraction of sp³-hybridized carbons (Fsp3) is 0.381. The topological polar surface area (TPSA) is 59.8 Å². The molecule has 0 fully saturated rings. The first-order valence-electron chi connectivity index (χ1n) is 9.61. The Hall–Kier alpha value is -2.12. The van der Waals surface area contributed by atoms with Gasteiger partial charge in [0.1, 0.15) is 0 Å². The lowest BCUT2D eigenvalue weighted by atomic mass is 10.2. The Balaban J connectivity index is 1.70. The maximum absolute atomic E-state index is 12.4. The summed E-state index contributed by atoms with van der Waals surface area (Å²) < 4.78 is 2.13. The minimum Gasteiger partial charge on any atom is -0.325 e. The Labute approximate surface area is 174 Å². The van der Waals surface area contributed by atoms with Crippen molar-refractivity contribution in [2.75, 3.05) is 11.1 Å². The molecule has 0 spiro atoms. The standard InChI is InChI=1S/C21H26N4OS2/c1-4-8-17-12-16(13-27-17)20-23-24-21(25(20)11-5-2)28-14-19(26)22-18-10-7-6-9-15(18)3/h6-7,9-10,12-13H,4-5,8,11,14H2,1-3H3,(H,22,26). The highest BCUT2D eigenvalue weighted by atomic mass is 32.2. The van der Waals surface area contributed by atoms with Gasteiger partial charge in [-0.25, -0.2) is 0 Å². The molecule has 7 heteroatoms. The summed E-state index contributed by atoms with van der Waals surface area (Å²) in [5.74, 6) is 1.16. The van der Waals surface area contributed by atoms with Crippen molar-refractivity contribution in [1.29, 1.82) is 0 Å². The molecule has 0 saturated heterocycles. The zero-order valence-corrected chi connectivity index (χ0v) is 18.2. The van der Waals surface area contributed by atoms with Crippen molar-refractivity contribution in [3.63, 3.8) is 0 Å². The first kappa shape index (κ1) is 20.6. The van der Waals surface area contributed by atoms with Gasteiger partial charge in [-0.2, -0.15) is 0 Å². The summed E-state index contributed by atoms with van der Waals surface area (Å²) in [5, 5.41) is 14.7. The van der Waals surface area contributed by atoms with Gasteiger partial charge < -0.3 is 9.88 Å². The van der Waals surface area contributed by atoms with E-state index >= 15 is 0 Å². The van der Waals surface area contributed by atoms with E-state index in [1.54, 1.807) is 11.3 Å². The van der Waals surface area contributed by atoms with Crippen molar-refractivity contribution in [1.82, 2.24) is 14.8 Å². The molecule has 0 aliphatic rings. The van der Waals surface area contributed by atoms with Gasteiger partial charge in [-0.3, -0.25) is 4.79 Å². The first-order valence-corrected chi connectivity index (χ1v) is 11.5. The molecule has 148 valence electrons. The molecule has 0 aliphatic carbocycles. The van der Waals surface area contributed by atoms with E-state index in [0.717, 1.165) is 53.6 Å². The normalized spacial score (nSPS) is 11.0. The molecule has 1 amide bonds. The van der Waals surface area contributed by atoms with E-state index < -0.39 is 0 Å². The molecule has 0 aliphatic heterocycles. The number of benzene rings is 1. The van der Waals surface area contributed by atoms with Gasteiger partial charge in [-0.1, -0.05) is 50.2 Å². The number of rotatable bonds is 9. The lowest BCUT2D eigenvalue weighted by Crippen LogP contribution is -2.15. The fourth-order valence-corrected chi connectivity index (χ4v) is 4.67. The largest absolute Gasteiger partial charge is 0.325 e. The molecule has 5 nitrogen and oxygen atoms in total. The van der Waals surface area contributed by atoms with Crippen molar-refractivity contribution in [2.24, 2.45) is 0 Å². The van der Waals surface area contributed by atoms with Crippen LogP contribution in [0.4, 0.5) is 5.69 Å². The molecule has 0 radical (unpaired) electrons. The van der Waals surface area contributed by atoms with Crippen LogP contribution in [0.3, 0.4) is 0 Å². The van der Waals surface area contributed by atoms with Gasteiger partial charge in [0.05, 0.1) is 5.75 Å². The second-order valence-corrected chi connectivity index (χ2v) is 8.60. The van der Waals surface area contributed by atoms with E-state index in [1.807, 2.05) is 31.2 Å². The Bertz CT molecular complexity index is 932. The molecular formula is C21H26N4OS2. The number of nitrogens with one attached hydrogen (secondary N) is 1. The summed E-state index contributed by atoms with van der Waals surface area (Å²) in [6.07, 6.45) is 3.21. The van der Waals surface area contributed by atoms with Gasteiger partial charge >= 0.3 is 0 Å². The minimum atomic E-state index is -0.0346. The number of nitrogens with zero attached hydrogens (tertiary/aromatic N) is 3. The fourth-order valence-electron chi connectivity index (χ4n) is 2.94.